The number of nitrogens with two attached hydrogens (primary N) is 1. The van der Waals surface area contributed by atoms with Crippen LogP contribution in [0.2, 0.25) is 0 Å². The van der Waals surface area contributed by atoms with Gasteiger partial charge >= 0.3 is 0 Å². The maximum absolute atomic E-state index is 6.31. The second kappa shape index (κ2) is 5.58. The summed E-state index contributed by atoms with van der Waals surface area (Å²) in [5.74, 6) is 0.937. The van der Waals surface area contributed by atoms with Gasteiger partial charge in [-0.2, -0.15) is 0 Å². The van der Waals surface area contributed by atoms with Gasteiger partial charge in [0, 0.05) is 24.7 Å². The van der Waals surface area contributed by atoms with Gasteiger partial charge in [0.15, 0.2) is 0 Å². The van der Waals surface area contributed by atoms with Gasteiger partial charge in [-0.1, -0.05) is 12.8 Å². The molecule has 0 aromatic rings. The minimum Gasteiger partial charge on any atom is -0.375 e. The zero-order chi connectivity index (χ0) is 14.2. The van der Waals surface area contributed by atoms with E-state index in [9.17, 15) is 0 Å². The lowest BCUT2D eigenvalue weighted by atomic mass is 9.72. The third-order valence-electron chi connectivity index (χ3n) is 6.05. The number of nitrogens with zero attached hydrogens (tertiary/aromatic N) is 1. The number of hydrogen-bond acceptors (Lipinski definition) is 3. The number of fused-ring (bicyclic) bond motifs is 1. The average Bonchev–Trinajstić information content (AvgIpc) is 2.45. The molecule has 0 bridgehead atoms. The Morgan fingerprint density at radius 2 is 1.90 bits per heavy atom. The van der Waals surface area contributed by atoms with Gasteiger partial charge in [0.2, 0.25) is 0 Å². The maximum atomic E-state index is 6.31. The molecule has 20 heavy (non-hydrogen) atoms. The lowest BCUT2D eigenvalue weighted by Gasteiger charge is -2.57. The maximum Gasteiger partial charge on any atom is 0.0644 e. The van der Waals surface area contributed by atoms with Crippen molar-refractivity contribution in [3.05, 3.63) is 0 Å². The monoisotopic (exact) mass is 280 g/mol. The Morgan fingerprint density at radius 1 is 1.15 bits per heavy atom. The van der Waals surface area contributed by atoms with Crippen LogP contribution in [0.4, 0.5) is 0 Å². The molecule has 3 rings (SSSR count). The van der Waals surface area contributed by atoms with Crippen molar-refractivity contribution in [1.29, 1.82) is 0 Å². The molecule has 0 spiro atoms. The van der Waals surface area contributed by atoms with E-state index in [0.29, 0.717) is 0 Å². The molecule has 3 heteroatoms. The largest absolute Gasteiger partial charge is 0.375 e. The fourth-order valence-corrected chi connectivity index (χ4v) is 5.20. The number of hydrogen-bond donors (Lipinski definition) is 1. The lowest BCUT2D eigenvalue weighted by Crippen LogP contribution is -2.66. The van der Waals surface area contributed by atoms with Crippen molar-refractivity contribution in [2.75, 3.05) is 19.7 Å². The van der Waals surface area contributed by atoms with Crippen LogP contribution in [0, 0.1) is 5.92 Å². The molecule has 1 aliphatic carbocycles. The summed E-state index contributed by atoms with van der Waals surface area (Å²) in [6, 6.07) is 0.801. The molecular formula is C17H32N2O. The van der Waals surface area contributed by atoms with E-state index in [1.165, 1.54) is 45.1 Å². The smallest absolute Gasteiger partial charge is 0.0644 e. The molecule has 2 aliphatic heterocycles. The van der Waals surface area contributed by atoms with E-state index < -0.39 is 0 Å². The molecule has 2 saturated heterocycles. The first-order chi connectivity index (χ1) is 9.56. The molecule has 116 valence electrons. The van der Waals surface area contributed by atoms with Crippen LogP contribution in [-0.2, 0) is 4.74 Å². The van der Waals surface area contributed by atoms with Crippen molar-refractivity contribution in [3.63, 3.8) is 0 Å². The zero-order valence-electron chi connectivity index (χ0n) is 13.4. The van der Waals surface area contributed by atoms with E-state index in [4.69, 9.17) is 10.5 Å². The van der Waals surface area contributed by atoms with Gasteiger partial charge < -0.3 is 10.5 Å². The molecule has 3 atom stereocenters. The Labute approximate surface area is 124 Å². The van der Waals surface area contributed by atoms with E-state index in [2.05, 4.69) is 18.7 Å². The fourth-order valence-electron chi connectivity index (χ4n) is 5.20. The van der Waals surface area contributed by atoms with Crippen LogP contribution in [0.25, 0.3) is 0 Å². The Balaban J connectivity index is 1.83. The summed E-state index contributed by atoms with van der Waals surface area (Å²) in [4.78, 5) is 2.84. The predicted molar refractivity (Wildman–Crippen MR) is 82.7 cm³/mol. The molecule has 2 N–H and O–H groups in total. The van der Waals surface area contributed by atoms with Crippen LogP contribution >= 0.6 is 0 Å². The molecule has 3 fully saturated rings. The summed E-state index contributed by atoms with van der Waals surface area (Å²) >= 11 is 0. The first-order valence-corrected chi connectivity index (χ1v) is 8.67. The topological polar surface area (TPSA) is 38.5 Å². The molecule has 3 nitrogen and oxygen atoms in total. The normalized spacial score (nSPS) is 42.1. The second-order valence-electron chi connectivity index (χ2n) is 7.91. The highest BCUT2D eigenvalue weighted by molar-refractivity contribution is 5.04. The second-order valence-corrected chi connectivity index (χ2v) is 7.91. The van der Waals surface area contributed by atoms with E-state index >= 15 is 0 Å². The van der Waals surface area contributed by atoms with Gasteiger partial charge in [-0.25, -0.2) is 0 Å². The van der Waals surface area contributed by atoms with Gasteiger partial charge in [-0.3, -0.25) is 4.90 Å². The first-order valence-electron chi connectivity index (χ1n) is 8.67. The zero-order valence-corrected chi connectivity index (χ0v) is 13.4. The Kier molecular flexibility index (Phi) is 4.13. The first kappa shape index (κ1) is 14.8. The Bertz CT molecular complexity index is 342. The summed E-state index contributed by atoms with van der Waals surface area (Å²) in [5.41, 5.74) is 6.50. The molecule has 0 aromatic heterocycles. The number of ether oxygens (including phenoxy) is 1. The highest BCUT2D eigenvalue weighted by Gasteiger charge is 2.48. The van der Waals surface area contributed by atoms with Gasteiger partial charge in [0.05, 0.1) is 5.60 Å². The minimum absolute atomic E-state index is 0.0147. The molecule has 1 saturated carbocycles. The van der Waals surface area contributed by atoms with E-state index in [-0.39, 0.29) is 11.1 Å². The van der Waals surface area contributed by atoms with Crippen LogP contribution in [0.5, 0.6) is 0 Å². The average molecular weight is 280 g/mol. The summed E-state index contributed by atoms with van der Waals surface area (Å²) in [7, 11) is 0. The third kappa shape index (κ3) is 2.65. The lowest BCUT2D eigenvalue weighted by molar-refractivity contribution is -0.140. The molecular weight excluding hydrogens is 248 g/mol. The van der Waals surface area contributed by atoms with Gasteiger partial charge in [-0.05, 0) is 64.8 Å². The van der Waals surface area contributed by atoms with Crippen LogP contribution in [-0.4, -0.2) is 41.8 Å². The Hall–Kier alpha value is -0.120. The van der Waals surface area contributed by atoms with Crippen molar-refractivity contribution >= 4 is 0 Å². The van der Waals surface area contributed by atoms with Crippen molar-refractivity contribution in [2.45, 2.75) is 82.4 Å². The summed E-state index contributed by atoms with van der Waals surface area (Å²) in [6.45, 7) is 7.40. The highest BCUT2D eigenvalue weighted by Crippen LogP contribution is 2.44. The van der Waals surface area contributed by atoms with E-state index in [1.54, 1.807) is 0 Å². The van der Waals surface area contributed by atoms with Crippen molar-refractivity contribution in [1.82, 2.24) is 4.90 Å². The number of rotatable bonds is 2. The van der Waals surface area contributed by atoms with Crippen molar-refractivity contribution in [3.8, 4) is 0 Å². The molecule has 3 aliphatic rings. The fraction of sp³-hybridized carbons (Fsp3) is 1.00. The number of piperidine rings is 1. The molecule has 1 unspecified atom stereocenters. The molecule has 0 radical (unpaired) electrons. The van der Waals surface area contributed by atoms with Gasteiger partial charge in [0.1, 0.15) is 0 Å². The van der Waals surface area contributed by atoms with Crippen molar-refractivity contribution < 1.29 is 4.74 Å². The van der Waals surface area contributed by atoms with E-state index in [0.717, 1.165) is 38.0 Å². The summed E-state index contributed by atoms with van der Waals surface area (Å²) in [5, 5.41) is 0. The SMILES string of the molecule is CC1(C)CC(CN)(N2CCC[C@H]3CCCC[C@H]32)CCO1. The van der Waals surface area contributed by atoms with Gasteiger partial charge in [0.25, 0.3) is 0 Å². The quantitative estimate of drug-likeness (QED) is 0.845. The van der Waals surface area contributed by atoms with Crippen LogP contribution in [0.15, 0.2) is 0 Å². The highest BCUT2D eigenvalue weighted by atomic mass is 16.5. The van der Waals surface area contributed by atoms with Crippen LogP contribution in [0.3, 0.4) is 0 Å². The number of likely N-dealkylation sites (tertiary alicyclic amines) is 1. The third-order valence-corrected chi connectivity index (χ3v) is 6.05. The standard InChI is InChI=1S/C17H32N2O/c1-16(2)12-17(13-18,9-11-20-16)19-10-5-7-14-6-3-4-8-15(14)19/h14-15H,3-13,18H2,1-2H3/t14-,15-,17?/m1/s1. The Morgan fingerprint density at radius 3 is 2.65 bits per heavy atom. The summed E-state index contributed by atoms with van der Waals surface area (Å²) < 4.78 is 5.97. The molecule has 2 heterocycles. The van der Waals surface area contributed by atoms with Gasteiger partial charge in [-0.15, -0.1) is 0 Å². The van der Waals surface area contributed by atoms with E-state index in [1.807, 2.05) is 0 Å². The summed E-state index contributed by atoms with van der Waals surface area (Å²) in [6.07, 6.45) is 10.7. The van der Waals surface area contributed by atoms with Crippen LogP contribution < -0.4 is 5.73 Å². The molecule has 0 amide bonds. The predicted octanol–water partition coefficient (Wildman–Crippen LogP) is 2.93. The molecule has 0 aromatic carbocycles. The van der Waals surface area contributed by atoms with Crippen molar-refractivity contribution in [2.24, 2.45) is 11.7 Å². The minimum atomic E-state index is -0.0147. The van der Waals surface area contributed by atoms with Crippen LogP contribution in [0.1, 0.15) is 65.2 Å².